The Morgan fingerprint density at radius 2 is 1.89 bits per heavy atom. The summed E-state index contributed by atoms with van der Waals surface area (Å²) in [4.78, 5) is 15.1. The molecule has 1 heterocycles. The number of primary amides is 1. The van der Waals surface area contributed by atoms with Gasteiger partial charge in [0.05, 0.1) is 12.8 Å². The van der Waals surface area contributed by atoms with E-state index >= 15 is 0 Å². The highest BCUT2D eigenvalue weighted by molar-refractivity contribution is 5.92. The second-order valence-electron chi connectivity index (χ2n) is 3.85. The van der Waals surface area contributed by atoms with E-state index in [4.69, 9.17) is 16.2 Å². The number of nitrogens with zero attached hydrogens (tertiary/aromatic N) is 1. The van der Waals surface area contributed by atoms with Crippen LogP contribution in [-0.2, 0) is 0 Å². The first-order valence-corrected chi connectivity index (χ1v) is 5.57. The second-order valence-corrected chi connectivity index (χ2v) is 3.85. The van der Waals surface area contributed by atoms with E-state index in [0.717, 1.165) is 11.4 Å². The van der Waals surface area contributed by atoms with Crippen molar-refractivity contribution in [2.24, 2.45) is 5.73 Å². The topological polar surface area (TPSA) is 103 Å². The summed E-state index contributed by atoms with van der Waals surface area (Å²) in [5.41, 5.74) is 12.3. The summed E-state index contributed by atoms with van der Waals surface area (Å²) in [6.07, 6.45) is 0. The largest absolute Gasteiger partial charge is 0.497 e. The molecule has 6 nitrogen and oxygen atoms in total. The molecule has 0 aliphatic heterocycles. The van der Waals surface area contributed by atoms with Crippen LogP contribution in [0.2, 0.25) is 0 Å². The summed E-state index contributed by atoms with van der Waals surface area (Å²) in [5, 5.41) is 3.02. The highest BCUT2D eigenvalue weighted by Gasteiger charge is 2.07. The zero-order valence-corrected chi connectivity index (χ0v) is 10.4. The second kappa shape index (κ2) is 5.26. The monoisotopic (exact) mass is 258 g/mol. The lowest BCUT2D eigenvalue weighted by Gasteiger charge is -2.09. The smallest absolute Gasteiger partial charge is 0.267 e. The lowest BCUT2D eigenvalue weighted by molar-refractivity contribution is 0.0996. The molecule has 5 N–H and O–H groups in total. The summed E-state index contributed by atoms with van der Waals surface area (Å²) >= 11 is 0. The van der Waals surface area contributed by atoms with Crippen molar-refractivity contribution in [3.63, 3.8) is 0 Å². The van der Waals surface area contributed by atoms with E-state index in [0.29, 0.717) is 11.5 Å². The van der Waals surface area contributed by atoms with Gasteiger partial charge in [-0.3, -0.25) is 4.79 Å². The Morgan fingerprint density at radius 3 is 2.47 bits per heavy atom. The van der Waals surface area contributed by atoms with Crippen LogP contribution in [0.1, 0.15) is 10.5 Å². The number of benzene rings is 1. The average Bonchev–Trinajstić information content (AvgIpc) is 2.42. The van der Waals surface area contributed by atoms with E-state index in [-0.39, 0.29) is 5.69 Å². The maximum absolute atomic E-state index is 11.1. The lowest BCUT2D eigenvalue weighted by Crippen LogP contribution is -2.14. The molecule has 1 amide bonds. The van der Waals surface area contributed by atoms with Gasteiger partial charge in [0.1, 0.15) is 11.4 Å². The summed E-state index contributed by atoms with van der Waals surface area (Å²) in [6, 6.07) is 10.3. The van der Waals surface area contributed by atoms with Gasteiger partial charge in [-0.15, -0.1) is 0 Å². The van der Waals surface area contributed by atoms with Gasteiger partial charge in [-0.05, 0) is 36.4 Å². The molecule has 0 spiro atoms. The third-order valence-corrected chi connectivity index (χ3v) is 2.53. The molecule has 98 valence electrons. The van der Waals surface area contributed by atoms with Crippen LogP contribution in [0.3, 0.4) is 0 Å². The Balaban J connectivity index is 2.26. The Hall–Kier alpha value is -2.76. The van der Waals surface area contributed by atoms with Gasteiger partial charge < -0.3 is 21.5 Å². The zero-order valence-electron chi connectivity index (χ0n) is 10.4. The molecule has 1 aromatic heterocycles. The minimum atomic E-state index is -0.599. The molecule has 0 aliphatic carbocycles. The van der Waals surface area contributed by atoms with Crippen LogP contribution < -0.4 is 21.5 Å². The first kappa shape index (κ1) is 12.7. The van der Waals surface area contributed by atoms with Crippen LogP contribution >= 0.6 is 0 Å². The van der Waals surface area contributed by atoms with Gasteiger partial charge in [-0.1, -0.05) is 0 Å². The highest BCUT2D eigenvalue weighted by Crippen LogP contribution is 2.22. The number of carbonyl (C=O) groups is 1. The molecule has 0 radical (unpaired) electrons. The SMILES string of the molecule is COc1ccc(Nc2nc(C(N)=O)ccc2N)cc1. The van der Waals surface area contributed by atoms with Crippen molar-refractivity contribution >= 4 is 23.1 Å². The quantitative estimate of drug-likeness (QED) is 0.771. The number of rotatable bonds is 4. The van der Waals surface area contributed by atoms with Crippen molar-refractivity contribution < 1.29 is 9.53 Å². The van der Waals surface area contributed by atoms with Crippen molar-refractivity contribution in [3.8, 4) is 5.75 Å². The number of ether oxygens (including phenoxy) is 1. The Morgan fingerprint density at radius 1 is 1.21 bits per heavy atom. The number of amides is 1. The Bertz CT molecular complexity index is 596. The molecule has 0 saturated carbocycles. The van der Waals surface area contributed by atoms with Gasteiger partial charge in [0.15, 0.2) is 5.82 Å². The molecule has 0 saturated heterocycles. The minimum Gasteiger partial charge on any atom is -0.497 e. The number of hydrogen-bond donors (Lipinski definition) is 3. The third-order valence-electron chi connectivity index (χ3n) is 2.53. The van der Waals surface area contributed by atoms with Crippen LogP contribution in [0.15, 0.2) is 36.4 Å². The van der Waals surface area contributed by atoms with Gasteiger partial charge in [0, 0.05) is 5.69 Å². The number of pyridine rings is 1. The minimum absolute atomic E-state index is 0.158. The standard InChI is InChI=1S/C13H14N4O2/c1-19-9-4-2-8(3-5-9)16-13-10(14)6-7-11(17-13)12(15)18/h2-7H,14H2,1H3,(H2,15,18)(H,16,17). The normalized spacial score (nSPS) is 9.95. The molecular formula is C13H14N4O2. The van der Waals surface area contributed by atoms with Crippen molar-refractivity contribution in [1.29, 1.82) is 0 Å². The molecule has 0 atom stereocenters. The molecule has 2 rings (SSSR count). The molecule has 0 bridgehead atoms. The van der Waals surface area contributed by atoms with E-state index in [9.17, 15) is 4.79 Å². The van der Waals surface area contributed by atoms with E-state index in [2.05, 4.69) is 10.3 Å². The first-order valence-electron chi connectivity index (χ1n) is 5.57. The number of carbonyl (C=O) groups excluding carboxylic acids is 1. The van der Waals surface area contributed by atoms with E-state index < -0.39 is 5.91 Å². The number of aromatic nitrogens is 1. The molecule has 0 unspecified atom stereocenters. The summed E-state index contributed by atoms with van der Waals surface area (Å²) in [6.45, 7) is 0. The van der Waals surface area contributed by atoms with Crippen molar-refractivity contribution in [2.75, 3.05) is 18.2 Å². The van der Waals surface area contributed by atoms with Crippen LogP contribution in [0.25, 0.3) is 0 Å². The predicted octanol–water partition coefficient (Wildman–Crippen LogP) is 1.51. The van der Waals surface area contributed by atoms with E-state index in [1.807, 2.05) is 12.1 Å². The average molecular weight is 258 g/mol. The van der Waals surface area contributed by atoms with E-state index in [1.165, 1.54) is 6.07 Å². The fourth-order valence-electron chi connectivity index (χ4n) is 1.52. The van der Waals surface area contributed by atoms with Gasteiger partial charge in [0.2, 0.25) is 0 Å². The Kier molecular flexibility index (Phi) is 3.51. The molecule has 2 aromatic rings. The fraction of sp³-hybridized carbons (Fsp3) is 0.0769. The molecule has 1 aromatic carbocycles. The number of nitrogens with one attached hydrogen (secondary N) is 1. The third kappa shape index (κ3) is 2.92. The highest BCUT2D eigenvalue weighted by atomic mass is 16.5. The van der Waals surface area contributed by atoms with Crippen LogP contribution in [0.5, 0.6) is 5.75 Å². The maximum Gasteiger partial charge on any atom is 0.267 e. The van der Waals surface area contributed by atoms with Gasteiger partial charge in [0.25, 0.3) is 5.91 Å². The van der Waals surface area contributed by atoms with Gasteiger partial charge >= 0.3 is 0 Å². The first-order chi connectivity index (χ1) is 9.10. The van der Waals surface area contributed by atoms with E-state index in [1.54, 1.807) is 25.3 Å². The molecular weight excluding hydrogens is 244 g/mol. The number of methoxy groups -OCH3 is 1. The number of nitrogens with two attached hydrogens (primary N) is 2. The van der Waals surface area contributed by atoms with Crippen LogP contribution in [0.4, 0.5) is 17.2 Å². The lowest BCUT2D eigenvalue weighted by atomic mass is 10.2. The summed E-state index contributed by atoms with van der Waals surface area (Å²) < 4.78 is 5.06. The van der Waals surface area contributed by atoms with Crippen molar-refractivity contribution in [3.05, 3.63) is 42.1 Å². The molecule has 0 fully saturated rings. The number of nitrogen functional groups attached to an aromatic ring is 1. The van der Waals surface area contributed by atoms with Crippen LogP contribution in [0, 0.1) is 0 Å². The fourth-order valence-corrected chi connectivity index (χ4v) is 1.52. The van der Waals surface area contributed by atoms with Gasteiger partial charge in [-0.25, -0.2) is 4.98 Å². The molecule has 6 heteroatoms. The number of hydrogen-bond acceptors (Lipinski definition) is 5. The zero-order chi connectivity index (χ0) is 13.8. The van der Waals surface area contributed by atoms with Crippen LogP contribution in [-0.4, -0.2) is 18.0 Å². The summed E-state index contributed by atoms with van der Waals surface area (Å²) in [5.74, 6) is 0.539. The molecule has 19 heavy (non-hydrogen) atoms. The van der Waals surface area contributed by atoms with Crippen molar-refractivity contribution in [2.45, 2.75) is 0 Å². The Labute approximate surface area is 110 Å². The molecule has 0 aliphatic rings. The van der Waals surface area contributed by atoms with Gasteiger partial charge in [-0.2, -0.15) is 0 Å². The number of anilines is 3. The van der Waals surface area contributed by atoms with Crippen molar-refractivity contribution in [1.82, 2.24) is 4.98 Å². The maximum atomic E-state index is 11.1. The predicted molar refractivity (Wildman–Crippen MR) is 73.4 cm³/mol. The summed E-state index contributed by atoms with van der Waals surface area (Å²) in [7, 11) is 1.60.